The summed E-state index contributed by atoms with van der Waals surface area (Å²) in [5.74, 6) is 2.23. The number of hydrogen-bond acceptors (Lipinski definition) is 4. The van der Waals surface area contributed by atoms with E-state index in [1.165, 1.54) is 12.8 Å². The topological polar surface area (TPSA) is 50.5 Å². The summed E-state index contributed by atoms with van der Waals surface area (Å²) in [6.45, 7) is 4.36. The summed E-state index contributed by atoms with van der Waals surface area (Å²) in [5, 5.41) is 16.0. The number of hydrogen-bond donors (Lipinski definition) is 1. The Labute approximate surface area is 207 Å². The Morgan fingerprint density at radius 2 is 1.57 bits per heavy atom. The molecule has 5 rings (SSSR count). The van der Waals surface area contributed by atoms with E-state index in [9.17, 15) is 5.11 Å². The molecular formula is C30H33N3O2. The average molecular weight is 468 g/mol. The largest absolute Gasteiger partial charge is 0.439 e. The molecule has 0 bridgehead atoms. The van der Waals surface area contributed by atoms with Gasteiger partial charge >= 0.3 is 0 Å². The van der Waals surface area contributed by atoms with E-state index >= 15 is 0 Å². The van der Waals surface area contributed by atoms with Gasteiger partial charge in [0.05, 0.1) is 23.0 Å². The van der Waals surface area contributed by atoms with E-state index in [0.717, 1.165) is 47.1 Å². The van der Waals surface area contributed by atoms with E-state index in [1.54, 1.807) is 0 Å². The molecule has 1 aromatic heterocycles. The fourth-order valence-corrected chi connectivity index (χ4v) is 4.49. The maximum Gasteiger partial charge on any atom is 0.227 e. The second-order valence-electron chi connectivity index (χ2n) is 9.31. The van der Waals surface area contributed by atoms with Crippen molar-refractivity contribution in [2.24, 2.45) is 5.92 Å². The van der Waals surface area contributed by atoms with Crippen LogP contribution in [0.4, 0.5) is 0 Å². The van der Waals surface area contributed by atoms with Gasteiger partial charge in [-0.25, -0.2) is 4.68 Å². The second kappa shape index (κ2) is 10.9. The van der Waals surface area contributed by atoms with Crippen LogP contribution < -0.4 is 4.74 Å². The van der Waals surface area contributed by atoms with Crippen LogP contribution in [0, 0.1) is 5.92 Å². The molecule has 4 aromatic rings. The lowest BCUT2D eigenvalue weighted by molar-refractivity contribution is 0.105. The molecule has 1 heterocycles. The maximum atomic E-state index is 11.0. The third-order valence-electron chi connectivity index (χ3n) is 6.52. The molecule has 35 heavy (non-hydrogen) atoms. The van der Waals surface area contributed by atoms with Crippen LogP contribution in [-0.4, -0.2) is 32.9 Å². The number of aryl methyl sites for hydroxylation is 1. The number of rotatable bonds is 11. The first-order chi connectivity index (χ1) is 17.2. The van der Waals surface area contributed by atoms with Crippen LogP contribution in [0.15, 0.2) is 91.0 Å². The fourth-order valence-electron chi connectivity index (χ4n) is 4.49. The SMILES string of the molecule is CCc1nn(-c2ccccc2)c(Oc2ccccc2)c1CN(CC1CC1)C[C@@H](O)c1ccccc1. The molecule has 180 valence electrons. The molecule has 0 aliphatic heterocycles. The number of para-hydroxylation sites is 2. The number of aromatic nitrogens is 2. The highest BCUT2D eigenvalue weighted by Crippen LogP contribution is 2.35. The minimum absolute atomic E-state index is 0.539. The summed E-state index contributed by atoms with van der Waals surface area (Å²) in [6.07, 6.45) is 2.78. The van der Waals surface area contributed by atoms with Crippen LogP contribution in [0.2, 0.25) is 0 Å². The summed E-state index contributed by atoms with van der Waals surface area (Å²) in [4.78, 5) is 2.37. The summed E-state index contributed by atoms with van der Waals surface area (Å²) >= 11 is 0. The Balaban J connectivity index is 1.50. The van der Waals surface area contributed by atoms with Crippen molar-refractivity contribution < 1.29 is 9.84 Å². The van der Waals surface area contributed by atoms with Gasteiger partial charge in [-0.05, 0) is 55.0 Å². The van der Waals surface area contributed by atoms with E-state index in [1.807, 2.05) is 83.5 Å². The van der Waals surface area contributed by atoms with Crippen LogP contribution in [0.5, 0.6) is 11.6 Å². The highest BCUT2D eigenvalue weighted by Gasteiger charge is 2.29. The second-order valence-corrected chi connectivity index (χ2v) is 9.31. The fraction of sp³-hybridized carbons (Fsp3) is 0.300. The molecule has 5 nitrogen and oxygen atoms in total. The van der Waals surface area contributed by atoms with Gasteiger partial charge in [-0.15, -0.1) is 0 Å². The molecule has 0 radical (unpaired) electrons. The Hall–Kier alpha value is -3.41. The molecule has 1 atom stereocenters. The average Bonchev–Trinajstić information content (AvgIpc) is 3.66. The van der Waals surface area contributed by atoms with Gasteiger partial charge in [-0.2, -0.15) is 5.10 Å². The smallest absolute Gasteiger partial charge is 0.227 e. The summed E-state index contributed by atoms with van der Waals surface area (Å²) in [6, 6.07) is 30.0. The highest BCUT2D eigenvalue weighted by molar-refractivity contribution is 5.43. The van der Waals surface area contributed by atoms with Crippen molar-refractivity contribution in [2.75, 3.05) is 13.1 Å². The van der Waals surface area contributed by atoms with Crippen LogP contribution in [0.1, 0.15) is 42.7 Å². The van der Waals surface area contributed by atoms with Crippen LogP contribution in [-0.2, 0) is 13.0 Å². The molecule has 5 heteroatoms. The third-order valence-corrected chi connectivity index (χ3v) is 6.52. The van der Waals surface area contributed by atoms with Crippen molar-refractivity contribution in [1.29, 1.82) is 0 Å². The Morgan fingerprint density at radius 3 is 2.20 bits per heavy atom. The molecule has 1 aliphatic carbocycles. The van der Waals surface area contributed by atoms with Crippen molar-refractivity contribution in [3.05, 3.63) is 108 Å². The first-order valence-electron chi connectivity index (χ1n) is 12.6. The van der Waals surface area contributed by atoms with Gasteiger partial charge < -0.3 is 9.84 Å². The molecule has 0 spiro atoms. The third kappa shape index (κ3) is 5.81. The molecule has 0 saturated heterocycles. The minimum Gasteiger partial charge on any atom is -0.439 e. The molecule has 3 aromatic carbocycles. The predicted molar refractivity (Wildman–Crippen MR) is 139 cm³/mol. The Bertz CT molecular complexity index is 1200. The predicted octanol–water partition coefficient (Wildman–Crippen LogP) is 6.17. The molecule has 1 N–H and O–H groups in total. The summed E-state index contributed by atoms with van der Waals surface area (Å²) in [7, 11) is 0. The standard InChI is InChI=1S/C30H33N3O2/c1-2-28-27(21-32(20-23-18-19-23)22-29(34)24-12-6-3-7-13-24)30(35-26-16-10-5-11-17-26)33(31-28)25-14-8-4-9-15-25/h3-17,23,29,34H,2,18-22H2,1H3/t29-/m1/s1. The first kappa shape index (κ1) is 23.3. The molecule has 1 aliphatic rings. The van der Waals surface area contributed by atoms with E-state index < -0.39 is 6.10 Å². The molecule has 1 fully saturated rings. The lowest BCUT2D eigenvalue weighted by Gasteiger charge is -2.26. The van der Waals surface area contributed by atoms with E-state index in [2.05, 4.69) is 24.0 Å². The van der Waals surface area contributed by atoms with Gasteiger partial charge in [0.2, 0.25) is 5.88 Å². The summed E-state index contributed by atoms with van der Waals surface area (Å²) < 4.78 is 8.42. The van der Waals surface area contributed by atoms with Gasteiger partial charge in [-0.1, -0.05) is 73.7 Å². The number of aliphatic hydroxyl groups excluding tert-OH is 1. The van der Waals surface area contributed by atoms with Gasteiger partial charge in [0.15, 0.2) is 0 Å². The molecular weight excluding hydrogens is 434 g/mol. The normalized spacial score (nSPS) is 14.3. The monoisotopic (exact) mass is 467 g/mol. The zero-order chi connectivity index (χ0) is 24.0. The quantitative estimate of drug-likeness (QED) is 0.286. The zero-order valence-electron chi connectivity index (χ0n) is 20.3. The molecule has 0 unspecified atom stereocenters. The van der Waals surface area contributed by atoms with Crippen LogP contribution in [0.3, 0.4) is 0 Å². The number of aliphatic hydroxyl groups is 1. The first-order valence-corrected chi connectivity index (χ1v) is 12.6. The van der Waals surface area contributed by atoms with E-state index in [4.69, 9.17) is 9.84 Å². The minimum atomic E-state index is -0.539. The maximum absolute atomic E-state index is 11.0. The van der Waals surface area contributed by atoms with Crippen molar-refractivity contribution in [2.45, 2.75) is 38.8 Å². The number of ether oxygens (including phenoxy) is 1. The van der Waals surface area contributed by atoms with E-state index in [0.29, 0.717) is 19.0 Å². The van der Waals surface area contributed by atoms with Crippen molar-refractivity contribution in [3.8, 4) is 17.3 Å². The van der Waals surface area contributed by atoms with E-state index in [-0.39, 0.29) is 0 Å². The van der Waals surface area contributed by atoms with Gasteiger partial charge in [0.1, 0.15) is 5.75 Å². The van der Waals surface area contributed by atoms with Gasteiger partial charge in [0.25, 0.3) is 0 Å². The lowest BCUT2D eigenvalue weighted by Crippen LogP contribution is -2.30. The highest BCUT2D eigenvalue weighted by atomic mass is 16.5. The number of benzene rings is 3. The number of nitrogens with zero attached hydrogens (tertiary/aromatic N) is 3. The van der Waals surface area contributed by atoms with Crippen molar-refractivity contribution >= 4 is 0 Å². The Morgan fingerprint density at radius 1 is 0.943 bits per heavy atom. The van der Waals surface area contributed by atoms with Crippen LogP contribution in [0.25, 0.3) is 5.69 Å². The van der Waals surface area contributed by atoms with Gasteiger partial charge in [0, 0.05) is 19.6 Å². The van der Waals surface area contributed by atoms with Crippen molar-refractivity contribution in [1.82, 2.24) is 14.7 Å². The summed E-state index contributed by atoms with van der Waals surface area (Å²) in [5.41, 5.74) is 4.03. The molecule has 0 amide bonds. The zero-order valence-corrected chi connectivity index (χ0v) is 20.3. The van der Waals surface area contributed by atoms with Gasteiger partial charge in [-0.3, -0.25) is 4.90 Å². The lowest BCUT2D eigenvalue weighted by atomic mass is 10.1. The Kier molecular flexibility index (Phi) is 7.26. The van der Waals surface area contributed by atoms with Crippen molar-refractivity contribution in [3.63, 3.8) is 0 Å². The molecule has 1 saturated carbocycles. The van der Waals surface area contributed by atoms with Crippen LogP contribution >= 0.6 is 0 Å².